The van der Waals surface area contributed by atoms with Crippen LogP contribution in [0.15, 0.2) is 0 Å². The molecule has 2 N–H and O–H groups in total. The van der Waals surface area contributed by atoms with Gasteiger partial charge in [-0.25, -0.2) is 14.8 Å². The zero-order valence-electron chi connectivity index (χ0n) is 9.36. The number of amides is 1. The zero-order chi connectivity index (χ0) is 11.7. The number of carbonyl (C=O) groups is 1. The third-order valence-corrected chi connectivity index (χ3v) is 2.53. The second kappa shape index (κ2) is 3.96. The standard InChI is InChI=1S/C10H14N4O2/c1-3-16-10(15)14-4-7-6(2)12-9(11)13-8(7)5-14/h3-5H2,1-2H3,(H2,11,12,13). The van der Waals surface area contributed by atoms with E-state index in [0.29, 0.717) is 19.7 Å². The number of rotatable bonds is 1. The number of carbonyl (C=O) groups excluding carboxylic acids is 1. The lowest BCUT2D eigenvalue weighted by molar-refractivity contribution is 0.106. The van der Waals surface area contributed by atoms with Crippen LogP contribution in [0.4, 0.5) is 10.7 Å². The second-order valence-electron chi connectivity index (χ2n) is 3.65. The highest BCUT2D eigenvalue weighted by Crippen LogP contribution is 2.24. The van der Waals surface area contributed by atoms with Gasteiger partial charge in [-0.1, -0.05) is 0 Å². The number of anilines is 1. The van der Waals surface area contributed by atoms with Gasteiger partial charge in [0.1, 0.15) is 0 Å². The van der Waals surface area contributed by atoms with Crippen molar-refractivity contribution < 1.29 is 9.53 Å². The number of hydrogen-bond donors (Lipinski definition) is 1. The van der Waals surface area contributed by atoms with Crippen LogP contribution in [0.5, 0.6) is 0 Å². The van der Waals surface area contributed by atoms with Gasteiger partial charge in [0.15, 0.2) is 0 Å². The van der Waals surface area contributed by atoms with Crippen molar-refractivity contribution in [2.75, 3.05) is 12.3 Å². The number of aryl methyl sites for hydroxylation is 1. The minimum atomic E-state index is -0.321. The van der Waals surface area contributed by atoms with Crippen LogP contribution in [0.2, 0.25) is 0 Å². The number of nitrogen functional groups attached to an aromatic ring is 1. The first-order chi connectivity index (χ1) is 7.61. The first-order valence-electron chi connectivity index (χ1n) is 5.15. The minimum absolute atomic E-state index is 0.252. The van der Waals surface area contributed by atoms with Gasteiger partial charge in [-0.3, -0.25) is 4.90 Å². The smallest absolute Gasteiger partial charge is 0.410 e. The molecule has 0 unspecified atom stereocenters. The van der Waals surface area contributed by atoms with E-state index in [9.17, 15) is 4.79 Å². The van der Waals surface area contributed by atoms with Crippen molar-refractivity contribution in [2.45, 2.75) is 26.9 Å². The maximum atomic E-state index is 11.5. The fraction of sp³-hybridized carbons (Fsp3) is 0.500. The summed E-state index contributed by atoms with van der Waals surface area (Å²) < 4.78 is 4.93. The summed E-state index contributed by atoms with van der Waals surface area (Å²) in [5.74, 6) is 0.252. The molecule has 1 aliphatic rings. The van der Waals surface area contributed by atoms with Crippen LogP contribution in [-0.4, -0.2) is 27.6 Å². The van der Waals surface area contributed by atoms with Gasteiger partial charge in [0.25, 0.3) is 0 Å². The van der Waals surface area contributed by atoms with Crippen LogP contribution >= 0.6 is 0 Å². The molecule has 2 heterocycles. The number of nitrogens with zero attached hydrogens (tertiary/aromatic N) is 3. The molecule has 0 aliphatic carbocycles. The van der Waals surface area contributed by atoms with Gasteiger partial charge >= 0.3 is 6.09 Å². The second-order valence-corrected chi connectivity index (χ2v) is 3.65. The van der Waals surface area contributed by atoms with Gasteiger partial charge in [0.2, 0.25) is 5.95 Å². The van der Waals surface area contributed by atoms with E-state index >= 15 is 0 Å². The highest BCUT2D eigenvalue weighted by atomic mass is 16.6. The molecule has 0 saturated carbocycles. The van der Waals surface area contributed by atoms with Gasteiger partial charge in [-0.15, -0.1) is 0 Å². The number of hydrogen-bond acceptors (Lipinski definition) is 5. The average molecular weight is 222 g/mol. The summed E-state index contributed by atoms with van der Waals surface area (Å²) in [6.07, 6.45) is -0.321. The first kappa shape index (κ1) is 10.7. The predicted molar refractivity (Wildman–Crippen MR) is 57.5 cm³/mol. The highest BCUT2D eigenvalue weighted by molar-refractivity contribution is 5.68. The number of nitrogens with two attached hydrogens (primary N) is 1. The maximum Gasteiger partial charge on any atom is 0.410 e. The monoisotopic (exact) mass is 222 g/mol. The molecule has 0 bridgehead atoms. The zero-order valence-corrected chi connectivity index (χ0v) is 9.36. The van der Waals surface area contributed by atoms with E-state index in [4.69, 9.17) is 10.5 Å². The fourth-order valence-electron chi connectivity index (χ4n) is 1.79. The molecule has 6 nitrogen and oxygen atoms in total. The van der Waals surface area contributed by atoms with Crippen LogP contribution in [-0.2, 0) is 17.8 Å². The Kier molecular flexibility index (Phi) is 2.64. The normalized spacial score (nSPS) is 13.8. The Hall–Kier alpha value is -1.85. The van der Waals surface area contributed by atoms with Gasteiger partial charge in [-0.2, -0.15) is 0 Å². The maximum absolute atomic E-state index is 11.5. The van der Waals surface area contributed by atoms with Crippen molar-refractivity contribution in [3.8, 4) is 0 Å². The lowest BCUT2D eigenvalue weighted by atomic mass is 10.2. The molecule has 0 saturated heterocycles. The van der Waals surface area contributed by atoms with E-state index in [1.54, 1.807) is 11.8 Å². The van der Waals surface area contributed by atoms with Gasteiger partial charge in [-0.05, 0) is 13.8 Å². The molecule has 2 rings (SSSR count). The molecule has 0 atom stereocenters. The van der Waals surface area contributed by atoms with Crippen LogP contribution in [0.1, 0.15) is 23.9 Å². The van der Waals surface area contributed by atoms with E-state index in [1.165, 1.54) is 0 Å². The molecule has 1 amide bonds. The summed E-state index contributed by atoms with van der Waals surface area (Å²) in [5.41, 5.74) is 8.17. The Balaban J connectivity index is 2.21. The molecule has 6 heteroatoms. The molecule has 0 fully saturated rings. The molecule has 16 heavy (non-hydrogen) atoms. The molecule has 1 aromatic rings. The highest BCUT2D eigenvalue weighted by Gasteiger charge is 2.27. The summed E-state index contributed by atoms with van der Waals surface area (Å²) in [7, 11) is 0. The van der Waals surface area contributed by atoms with Crippen LogP contribution in [0, 0.1) is 6.92 Å². The van der Waals surface area contributed by atoms with E-state index in [1.807, 2.05) is 6.92 Å². The van der Waals surface area contributed by atoms with Crippen molar-refractivity contribution in [3.05, 3.63) is 17.0 Å². The average Bonchev–Trinajstić information content (AvgIpc) is 2.62. The van der Waals surface area contributed by atoms with Crippen LogP contribution in [0.3, 0.4) is 0 Å². The molecule has 86 valence electrons. The minimum Gasteiger partial charge on any atom is -0.450 e. The summed E-state index contributed by atoms with van der Waals surface area (Å²) >= 11 is 0. The number of fused-ring (bicyclic) bond motifs is 1. The van der Waals surface area contributed by atoms with E-state index in [2.05, 4.69) is 9.97 Å². The third-order valence-electron chi connectivity index (χ3n) is 2.53. The molecular formula is C10H14N4O2. The predicted octanol–water partition coefficient (Wildman–Crippen LogP) is 0.839. The van der Waals surface area contributed by atoms with Gasteiger partial charge in [0.05, 0.1) is 25.4 Å². The molecule has 1 aromatic heterocycles. The lowest BCUT2D eigenvalue weighted by Crippen LogP contribution is -2.26. The summed E-state index contributed by atoms with van der Waals surface area (Å²) in [4.78, 5) is 21.3. The Bertz CT molecular complexity index is 433. The van der Waals surface area contributed by atoms with Crippen molar-refractivity contribution in [1.29, 1.82) is 0 Å². The molecule has 1 aliphatic heterocycles. The summed E-state index contributed by atoms with van der Waals surface area (Å²) in [6.45, 7) is 4.97. The van der Waals surface area contributed by atoms with Crippen molar-refractivity contribution in [1.82, 2.24) is 14.9 Å². The van der Waals surface area contributed by atoms with E-state index in [0.717, 1.165) is 17.0 Å². The van der Waals surface area contributed by atoms with E-state index in [-0.39, 0.29) is 12.0 Å². The lowest BCUT2D eigenvalue weighted by Gasteiger charge is -2.13. The topological polar surface area (TPSA) is 81.3 Å². The summed E-state index contributed by atoms with van der Waals surface area (Å²) in [6, 6.07) is 0. The van der Waals surface area contributed by atoms with Crippen LogP contribution < -0.4 is 5.73 Å². The molecule has 0 spiro atoms. The molecule has 0 aromatic carbocycles. The SMILES string of the molecule is CCOC(=O)N1Cc2nc(N)nc(C)c2C1. The molecule has 0 radical (unpaired) electrons. The van der Waals surface area contributed by atoms with Crippen molar-refractivity contribution in [3.63, 3.8) is 0 Å². The third kappa shape index (κ3) is 1.78. The molecular weight excluding hydrogens is 208 g/mol. The summed E-state index contributed by atoms with van der Waals surface area (Å²) in [5, 5.41) is 0. The van der Waals surface area contributed by atoms with Crippen LogP contribution in [0.25, 0.3) is 0 Å². The largest absolute Gasteiger partial charge is 0.450 e. The Labute approximate surface area is 93.4 Å². The van der Waals surface area contributed by atoms with Gasteiger partial charge < -0.3 is 10.5 Å². The Morgan fingerprint density at radius 3 is 2.94 bits per heavy atom. The van der Waals surface area contributed by atoms with Crippen molar-refractivity contribution in [2.24, 2.45) is 0 Å². The van der Waals surface area contributed by atoms with E-state index < -0.39 is 0 Å². The fourth-order valence-corrected chi connectivity index (χ4v) is 1.79. The Morgan fingerprint density at radius 1 is 1.50 bits per heavy atom. The van der Waals surface area contributed by atoms with Crippen molar-refractivity contribution >= 4 is 12.0 Å². The quantitative estimate of drug-likeness (QED) is 0.761. The number of aromatic nitrogens is 2. The Morgan fingerprint density at radius 2 is 2.25 bits per heavy atom. The first-order valence-corrected chi connectivity index (χ1v) is 5.15. The number of ether oxygens (including phenoxy) is 1. The van der Waals surface area contributed by atoms with Gasteiger partial charge in [0, 0.05) is 11.3 Å².